The first-order valence-electron chi connectivity index (χ1n) is 9.46. The summed E-state index contributed by atoms with van der Waals surface area (Å²) in [5.74, 6) is -4.32. The first-order chi connectivity index (χ1) is 16.1. The maximum atomic E-state index is 14.3. The lowest BCUT2D eigenvalue weighted by Gasteiger charge is -2.08. The van der Waals surface area contributed by atoms with Gasteiger partial charge in [0.25, 0.3) is 5.56 Å². The van der Waals surface area contributed by atoms with Crippen molar-refractivity contribution in [3.63, 3.8) is 0 Å². The highest BCUT2D eigenvalue weighted by Gasteiger charge is 2.22. The zero-order valence-corrected chi connectivity index (χ0v) is 18.2. The molecule has 0 saturated carbocycles. The summed E-state index contributed by atoms with van der Waals surface area (Å²) in [4.78, 5) is 43.2. The highest BCUT2D eigenvalue weighted by molar-refractivity contribution is 7.14. The number of aromatic nitrogens is 3. The van der Waals surface area contributed by atoms with Gasteiger partial charge in [-0.2, -0.15) is 13.2 Å². The molecule has 0 fully saturated rings. The van der Waals surface area contributed by atoms with Gasteiger partial charge < -0.3 is 14.5 Å². The number of anilines is 1. The average Bonchev–Trinajstić information content (AvgIpc) is 3.34. The Morgan fingerprint density at radius 1 is 1.29 bits per heavy atom. The Morgan fingerprint density at radius 2 is 2.03 bits per heavy atom. The van der Waals surface area contributed by atoms with Crippen LogP contribution in [0.1, 0.15) is 11.3 Å². The predicted octanol–water partition coefficient (Wildman–Crippen LogP) is 3.31. The highest BCUT2D eigenvalue weighted by atomic mass is 32.1. The van der Waals surface area contributed by atoms with Crippen molar-refractivity contribution in [1.29, 1.82) is 0 Å². The Bertz CT molecular complexity index is 1540. The molecule has 0 bridgehead atoms. The number of furan rings is 1. The fourth-order valence-corrected chi connectivity index (χ4v) is 3.97. The average molecular weight is 498 g/mol. The standard InChI is InChI=1S/C20H14F4N4O5S/c1-7-9(13-16(32-7)27-20(31)28(2)17(13)30)5-12(29)26-19-25-10(6-34-19)8-3-4-11(33-18(23)24)15(22)14(8)21/h3-4,6,18H,5H2,1-2H3,(H,27,31)(H,25,26,29). The number of amides is 1. The number of nitrogens with one attached hydrogen (secondary N) is 2. The normalized spacial score (nSPS) is 11.4. The number of thiazole rings is 1. The van der Waals surface area contributed by atoms with Gasteiger partial charge in [0.2, 0.25) is 17.4 Å². The third kappa shape index (κ3) is 4.19. The van der Waals surface area contributed by atoms with E-state index in [0.717, 1.165) is 28.0 Å². The van der Waals surface area contributed by atoms with Crippen LogP contribution in [0.3, 0.4) is 0 Å². The number of carbonyl (C=O) groups excluding carboxylic acids is 1. The summed E-state index contributed by atoms with van der Waals surface area (Å²) >= 11 is 0.910. The molecule has 1 aromatic carbocycles. The molecule has 3 aromatic heterocycles. The summed E-state index contributed by atoms with van der Waals surface area (Å²) in [6.45, 7) is -1.79. The predicted molar refractivity (Wildman–Crippen MR) is 113 cm³/mol. The molecule has 0 unspecified atom stereocenters. The Labute approximate surface area is 190 Å². The lowest BCUT2D eigenvalue weighted by Crippen LogP contribution is -2.32. The van der Waals surface area contributed by atoms with Gasteiger partial charge in [0.1, 0.15) is 11.1 Å². The van der Waals surface area contributed by atoms with Gasteiger partial charge in [0.05, 0.1) is 12.1 Å². The van der Waals surface area contributed by atoms with Crippen molar-refractivity contribution in [2.45, 2.75) is 20.0 Å². The number of hydrogen-bond donors (Lipinski definition) is 2. The second-order valence-corrected chi connectivity index (χ2v) is 7.87. The Morgan fingerprint density at radius 3 is 2.74 bits per heavy atom. The summed E-state index contributed by atoms with van der Waals surface area (Å²) < 4.78 is 63.0. The molecule has 2 N–H and O–H groups in total. The number of ether oxygens (including phenoxy) is 1. The van der Waals surface area contributed by atoms with Crippen molar-refractivity contribution in [2.24, 2.45) is 7.05 Å². The molecule has 0 atom stereocenters. The van der Waals surface area contributed by atoms with E-state index in [-0.39, 0.29) is 45.2 Å². The maximum Gasteiger partial charge on any atom is 0.387 e. The van der Waals surface area contributed by atoms with Crippen molar-refractivity contribution in [3.8, 4) is 17.0 Å². The van der Waals surface area contributed by atoms with Crippen LogP contribution in [0.4, 0.5) is 22.7 Å². The number of hydrogen-bond acceptors (Lipinski definition) is 7. The van der Waals surface area contributed by atoms with Gasteiger partial charge in [-0.1, -0.05) is 0 Å². The number of fused-ring (bicyclic) bond motifs is 1. The van der Waals surface area contributed by atoms with E-state index in [0.29, 0.717) is 0 Å². The molecule has 34 heavy (non-hydrogen) atoms. The van der Waals surface area contributed by atoms with Crippen molar-refractivity contribution in [3.05, 3.63) is 61.3 Å². The topological polar surface area (TPSA) is 119 Å². The Kier molecular flexibility index (Phi) is 6.00. The highest BCUT2D eigenvalue weighted by Crippen LogP contribution is 2.32. The summed E-state index contributed by atoms with van der Waals surface area (Å²) in [5.41, 5.74) is -1.45. The smallest absolute Gasteiger partial charge is 0.387 e. The fourth-order valence-electron chi connectivity index (χ4n) is 3.24. The van der Waals surface area contributed by atoms with Gasteiger partial charge in [0, 0.05) is 23.6 Å². The number of benzene rings is 1. The number of rotatable bonds is 6. The summed E-state index contributed by atoms with van der Waals surface area (Å²) in [7, 11) is 1.28. The lowest BCUT2D eigenvalue weighted by molar-refractivity contribution is -0.115. The van der Waals surface area contributed by atoms with E-state index in [1.54, 1.807) is 0 Å². The van der Waals surface area contributed by atoms with Gasteiger partial charge in [0.15, 0.2) is 16.7 Å². The molecule has 0 radical (unpaired) electrons. The summed E-state index contributed by atoms with van der Waals surface area (Å²) in [6.07, 6.45) is -0.294. The van der Waals surface area contributed by atoms with E-state index in [4.69, 9.17) is 4.42 Å². The molecule has 0 aliphatic carbocycles. The molecule has 0 aliphatic heterocycles. The van der Waals surface area contributed by atoms with E-state index in [1.165, 1.54) is 19.4 Å². The number of alkyl halides is 2. The number of H-pyrrole nitrogens is 1. The third-order valence-corrected chi connectivity index (χ3v) is 5.64. The van der Waals surface area contributed by atoms with Crippen LogP contribution >= 0.6 is 11.3 Å². The number of carbonyl (C=O) groups is 1. The van der Waals surface area contributed by atoms with Gasteiger partial charge in [-0.3, -0.25) is 19.1 Å². The maximum absolute atomic E-state index is 14.3. The first-order valence-corrected chi connectivity index (χ1v) is 10.3. The molecule has 9 nitrogen and oxygen atoms in total. The molecule has 0 saturated heterocycles. The molecular formula is C20H14F4N4O5S. The SMILES string of the molecule is Cc1oc2[nH]c(=O)n(C)c(=O)c2c1CC(=O)Nc1nc(-c2ccc(OC(F)F)c(F)c2F)cs1. The van der Waals surface area contributed by atoms with Crippen LogP contribution in [0.5, 0.6) is 5.75 Å². The van der Waals surface area contributed by atoms with Crippen LogP contribution in [-0.4, -0.2) is 27.1 Å². The first kappa shape index (κ1) is 23.2. The number of nitrogens with zero attached hydrogens (tertiary/aromatic N) is 2. The van der Waals surface area contributed by atoms with Gasteiger partial charge in [-0.15, -0.1) is 11.3 Å². The molecule has 4 aromatic rings. The van der Waals surface area contributed by atoms with E-state index < -0.39 is 41.2 Å². The van der Waals surface area contributed by atoms with Crippen molar-refractivity contribution >= 4 is 33.5 Å². The summed E-state index contributed by atoms with van der Waals surface area (Å²) in [5, 5.41) is 3.91. The molecule has 14 heteroatoms. The second-order valence-electron chi connectivity index (χ2n) is 7.02. The van der Waals surface area contributed by atoms with Gasteiger partial charge in [-0.25, -0.2) is 14.2 Å². The molecule has 4 rings (SSSR count). The minimum atomic E-state index is -3.32. The number of aryl methyl sites for hydroxylation is 1. The van der Waals surface area contributed by atoms with Gasteiger partial charge >= 0.3 is 12.3 Å². The minimum absolute atomic E-state index is 0.0412. The van der Waals surface area contributed by atoms with E-state index in [1.807, 2.05) is 0 Å². The molecule has 178 valence electrons. The third-order valence-electron chi connectivity index (χ3n) is 4.88. The van der Waals surface area contributed by atoms with Crippen molar-refractivity contribution < 1.29 is 31.5 Å². The van der Waals surface area contributed by atoms with Crippen LogP contribution in [0, 0.1) is 18.6 Å². The van der Waals surface area contributed by atoms with Crippen LogP contribution in [0.2, 0.25) is 0 Å². The minimum Gasteiger partial charge on any atom is -0.444 e. The molecule has 0 aliphatic rings. The van der Waals surface area contributed by atoms with Crippen LogP contribution in [-0.2, 0) is 18.3 Å². The van der Waals surface area contributed by atoms with Crippen molar-refractivity contribution in [2.75, 3.05) is 5.32 Å². The van der Waals surface area contributed by atoms with E-state index >= 15 is 0 Å². The largest absolute Gasteiger partial charge is 0.444 e. The quantitative estimate of drug-likeness (QED) is 0.394. The molecule has 1 amide bonds. The van der Waals surface area contributed by atoms with Crippen molar-refractivity contribution in [1.82, 2.24) is 14.5 Å². The van der Waals surface area contributed by atoms with Gasteiger partial charge in [-0.05, 0) is 19.1 Å². The number of aromatic amines is 1. The zero-order chi connectivity index (χ0) is 24.7. The monoisotopic (exact) mass is 498 g/mol. The Hall–Kier alpha value is -3.94. The molecule has 3 heterocycles. The lowest BCUT2D eigenvalue weighted by atomic mass is 10.1. The van der Waals surface area contributed by atoms with E-state index in [2.05, 4.69) is 20.0 Å². The molecular weight excluding hydrogens is 484 g/mol. The Balaban J connectivity index is 1.56. The zero-order valence-electron chi connectivity index (χ0n) is 17.4. The van der Waals surface area contributed by atoms with Crippen LogP contribution in [0.25, 0.3) is 22.4 Å². The summed E-state index contributed by atoms with van der Waals surface area (Å²) in [6, 6.07) is 1.86. The fraction of sp³-hybridized carbons (Fsp3) is 0.200. The molecule has 0 spiro atoms. The number of halogens is 4. The van der Waals surface area contributed by atoms with E-state index in [9.17, 15) is 31.9 Å². The van der Waals surface area contributed by atoms with Crippen LogP contribution in [0.15, 0.2) is 31.5 Å². The van der Waals surface area contributed by atoms with Crippen LogP contribution < -0.4 is 21.3 Å². The second kappa shape index (κ2) is 8.78.